The van der Waals surface area contributed by atoms with Gasteiger partial charge in [0.2, 0.25) is 0 Å². The van der Waals surface area contributed by atoms with Crippen LogP contribution in [0.3, 0.4) is 0 Å². The first kappa shape index (κ1) is 14.0. The van der Waals surface area contributed by atoms with Crippen LogP contribution in [0.2, 0.25) is 0 Å². The Bertz CT molecular complexity index is 678. The molecule has 2 rings (SSSR count). The Hall–Kier alpha value is -2.39. The van der Waals surface area contributed by atoms with Gasteiger partial charge in [0.15, 0.2) is 0 Å². The number of carboxylic acid groups (broad SMARTS) is 1. The van der Waals surface area contributed by atoms with Crippen LogP contribution in [0.5, 0.6) is 0 Å². The van der Waals surface area contributed by atoms with Gasteiger partial charge >= 0.3 is 5.97 Å². The maximum atomic E-state index is 10.7. The van der Waals surface area contributed by atoms with Gasteiger partial charge in [0.25, 0.3) is 0 Å². The quantitative estimate of drug-likeness (QED) is 0.899. The first-order valence-electron chi connectivity index (χ1n) is 5.72. The van der Waals surface area contributed by atoms with Crippen molar-refractivity contribution in [3.05, 3.63) is 57.8 Å². The third-order valence-electron chi connectivity index (χ3n) is 2.63. The van der Waals surface area contributed by atoms with E-state index in [1.807, 2.05) is 6.07 Å². The zero-order valence-corrected chi connectivity index (χ0v) is 11.9. The normalized spacial score (nSPS) is 9.80. The van der Waals surface area contributed by atoms with Gasteiger partial charge in [0.05, 0.1) is 11.3 Å². The molecule has 0 saturated carbocycles. The first-order chi connectivity index (χ1) is 9.60. The number of pyridine rings is 1. The van der Waals surface area contributed by atoms with Crippen LogP contribution in [0.25, 0.3) is 0 Å². The maximum absolute atomic E-state index is 10.7. The summed E-state index contributed by atoms with van der Waals surface area (Å²) in [6.07, 6.45) is 1.50. The SMILES string of the molecule is N#Cc1ccc(Br)cc1NCc1ccc(C(=O)O)nc1. The average molecular weight is 332 g/mol. The smallest absolute Gasteiger partial charge is 0.354 e. The molecule has 0 fully saturated rings. The van der Waals surface area contributed by atoms with Crippen molar-refractivity contribution in [3.8, 4) is 6.07 Å². The van der Waals surface area contributed by atoms with Crippen LogP contribution in [0.1, 0.15) is 21.6 Å². The van der Waals surface area contributed by atoms with Crippen LogP contribution in [-0.2, 0) is 6.54 Å². The van der Waals surface area contributed by atoms with Crippen LogP contribution in [0, 0.1) is 11.3 Å². The van der Waals surface area contributed by atoms with Gasteiger partial charge in [-0.1, -0.05) is 22.0 Å². The van der Waals surface area contributed by atoms with Crippen molar-refractivity contribution in [3.63, 3.8) is 0 Å². The third-order valence-corrected chi connectivity index (χ3v) is 3.12. The first-order valence-corrected chi connectivity index (χ1v) is 6.51. The van der Waals surface area contributed by atoms with E-state index in [0.717, 1.165) is 10.0 Å². The van der Waals surface area contributed by atoms with Crippen LogP contribution in [-0.4, -0.2) is 16.1 Å². The van der Waals surface area contributed by atoms with E-state index in [9.17, 15) is 4.79 Å². The predicted octanol–water partition coefficient (Wildman–Crippen LogP) is 3.03. The lowest BCUT2D eigenvalue weighted by Gasteiger charge is -2.08. The molecule has 0 aliphatic carbocycles. The van der Waals surface area contributed by atoms with Crippen LogP contribution in [0.15, 0.2) is 41.0 Å². The minimum Gasteiger partial charge on any atom is -0.477 e. The van der Waals surface area contributed by atoms with Crippen molar-refractivity contribution in [2.45, 2.75) is 6.54 Å². The van der Waals surface area contributed by atoms with Gasteiger partial charge in [0, 0.05) is 17.2 Å². The van der Waals surface area contributed by atoms with Crippen LogP contribution < -0.4 is 5.32 Å². The molecule has 0 unspecified atom stereocenters. The van der Waals surface area contributed by atoms with Crippen molar-refractivity contribution in [1.29, 1.82) is 5.26 Å². The number of carboxylic acids is 1. The fourth-order valence-electron chi connectivity index (χ4n) is 1.61. The topological polar surface area (TPSA) is 86.0 Å². The van der Waals surface area contributed by atoms with Gasteiger partial charge < -0.3 is 10.4 Å². The Morgan fingerprint density at radius 3 is 2.80 bits per heavy atom. The fraction of sp³-hybridized carbons (Fsp3) is 0.0714. The van der Waals surface area contributed by atoms with Gasteiger partial charge in [-0.25, -0.2) is 9.78 Å². The second-order valence-electron chi connectivity index (χ2n) is 4.01. The minimum atomic E-state index is -1.05. The number of benzene rings is 1. The predicted molar refractivity (Wildman–Crippen MR) is 77.4 cm³/mol. The molecule has 2 N–H and O–H groups in total. The van der Waals surface area contributed by atoms with E-state index >= 15 is 0 Å². The highest BCUT2D eigenvalue weighted by atomic mass is 79.9. The summed E-state index contributed by atoms with van der Waals surface area (Å²) in [5.41, 5.74) is 2.10. The number of carbonyl (C=O) groups is 1. The number of aromatic carboxylic acids is 1. The van der Waals surface area contributed by atoms with E-state index in [0.29, 0.717) is 17.8 Å². The Morgan fingerprint density at radius 1 is 1.40 bits per heavy atom. The lowest BCUT2D eigenvalue weighted by Crippen LogP contribution is -2.04. The van der Waals surface area contributed by atoms with Gasteiger partial charge in [-0.05, 0) is 29.8 Å². The number of hydrogen-bond acceptors (Lipinski definition) is 4. The summed E-state index contributed by atoms with van der Waals surface area (Å²) in [5.74, 6) is -1.05. The zero-order chi connectivity index (χ0) is 14.5. The lowest BCUT2D eigenvalue weighted by molar-refractivity contribution is 0.0690. The monoisotopic (exact) mass is 331 g/mol. The van der Waals surface area contributed by atoms with Gasteiger partial charge in [-0.15, -0.1) is 0 Å². The number of hydrogen-bond donors (Lipinski definition) is 2. The molecule has 20 heavy (non-hydrogen) atoms. The molecule has 0 atom stereocenters. The summed E-state index contributed by atoms with van der Waals surface area (Å²) in [4.78, 5) is 14.5. The summed E-state index contributed by atoms with van der Waals surface area (Å²) in [5, 5.41) is 20.9. The molecule has 6 heteroatoms. The van der Waals surface area contributed by atoms with Crippen molar-refractivity contribution in [2.24, 2.45) is 0 Å². The fourth-order valence-corrected chi connectivity index (χ4v) is 1.97. The molecular formula is C14H10BrN3O2. The number of nitriles is 1. The standard InChI is InChI=1S/C14H10BrN3O2/c15-11-3-2-10(6-16)13(5-11)18-8-9-1-4-12(14(19)20)17-7-9/h1-5,7,18H,8H2,(H,19,20). The number of nitrogens with zero attached hydrogens (tertiary/aromatic N) is 2. The third kappa shape index (κ3) is 3.33. The second-order valence-corrected chi connectivity index (χ2v) is 4.93. The number of anilines is 1. The molecule has 0 radical (unpaired) electrons. The molecule has 0 amide bonds. The largest absolute Gasteiger partial charge is 0.477 e. The zero-order valence-electron chi connectivity index (χ0n) is 10.3. The highest BCUT2D eigenvalue weighted by Crippen LogP contribution is 2.21. The van der Waals surface area contributed by atoms with Crippen molar-refractivity contribution in [1.82, 2.24) is 4.98 Å². The number of halogens is 1. The second kappa shape index (κ2) is 6.17. The van der Waals surface area contributed by atoms with Crippen molar-refractivity contribution < 1.29 is 9.90 Å². The molecule has 0 saturated heterocycles. The number of rotatable bonds is 4. The molecule has 1 heterocycles. The van der Waals surface area contributed by atoms with E-state index in [4.69, 9.17) is 10.4 Å². The van der Waals surface area contributed by atoms with Gasteiger partial charge in [-0.2, -0.15) is 5.26 Å². The lowest BCUT2D eigenvalue weighted by atomic mass is 10.2. The molecule has 100 valence electrons. The molecule has 1 aromatic heterocycles. The molecule has 5 nitrogen and oxygen atoms in total. The number of aromatic nitrogens is 1. The summed E-state index contributed by atoms with van der Waals surface area (Å²) in [7, 11) is 0. The highest BCUT2D eigenvalue weighted by molar-refractivity contribution is 9.10. The Labute approximate surface area is 124 Å². The maximum Gasteiger partial charge on any atom is 0.354 e. The van der Waals surface area contributed by atoms with Crippen LogP contribution >= 0.6 is 15.9 Å². The molecular weight excluding hydrogens is 322 g/mol. The summed E-state index contributed by atoms with van der Waals surface area (Å²) in [6.45, 7) is 0.456. The molecule has 0 spiro atoms. The summed E-state index contributed by atoms with van der Waals surface area (Å²) in [6, 6.07) is 10.6. The van der Waals surface area contributed by atoms with Crippen molar-refractivity contribution in [2.75, 3.05) is 5.32 Å². The number of nitrogens with one attached hydrogen (secondary N) is 1. The Kier molecular flexibility index (Phi) is 4.33. The van der Waals surface area contributed by atoms with Crippen LogP contribution in [0.4, 0.5) is 5.69 Å². The van der Waals surface area contributed by atoms with E-state index in [1.54, 1.807) is 18.2 Å². The van der Waals surface area contributed by atoms with E-state index in [2.05, 4.69) is 32.3 Å². The Balaban J connectivity index is 2.11. The van der Waals surface area contributed by atoms with Gasteiger partial charge in [-0.3, -0.25) is 0 Å². The summed E-state index contributed by atoms with van der Waals surface area (Å²) >= 11 is 3.35. The highest BCUT2D eigenvalue weighted by Gasteiger charge is 2.05. The van der Waals surface area contributed by atoms with E-state index in [1.165, 1.54) is 12.3 Å². The molecule has 2 aromatic rings. The molecule has 0 aliphatic rings. The molecule has 0 aliphatic heterocycles. The molecule has 0 bridgehead atoms. The van der Waals surface area contributed by atoms with E-state index in [-0.39, 0.29) is 5.69 Å². The van der Waals surface area contributed by atoms with Crippen molar-refractivity contribution >= 4 is 27.6 Å². The van der Waals surface area contributed by atoms with Gasteiger partial charge in [0.1, 0.15) is 11.8 Å². The Morgan fingerprint density at radius 2 is 2.20 bits per heavy atom. The summed E-state index contributed by atoms with van der Waals surface area (Å²) < 4.78 is 0.873. The van der Waals surface area contributed by atoms with E-state index < -0.39 is 5.97 Å². The average Bonchev–Trinajstić information content (AvgIpc) is 2.45. The minimum absolute atomic E-state index is 0.00826. The molecule has 1 aromatic carbocycles.